The molecular formula is C9H14O6P2. The lowest BCUT2D eigenvalue weighted by Gasteiger charge is -2.15. The van der Waals surface area contributed by atoms with E-state index in [0.717, 1.165) is 12.1 Å². The molecule has 0 bridgehead atoms. The van der Waals surface area contributed by atoms with Crippen LogP contribution >= 0.6 is 15.2 Å². The van der Waals surface area contributed by atoms with Gasteiger partial charge in [-0.15, -0.1) is 0 Å². The molecule has 0 radical (unpaired) electrons. The van der Waals surface area contributed by atoms with E-state index < -0.39 is 25.8 Å². The van der Waals surface area contributed by atoms with E-state index in [9.17, 15) is 9.13 Å². The van der Waals surface area contributed by atoms with E-state index in [1.54, 1.807) is 0 Å². The monoisotopic (exact) mass is 280 g/mol. The molecule has 1 aromatic carbocycles. The Labute approximate surface area is 98.6 Å². The Morgan fingerprint density at radius 2 is 1.41 bits per heavy atom. The predicted octanol–water partition coefficient (Wildman–Crippen LogP) is 0.416. The molecule has 0 saturated carbocycles. The topological polar surface area (TPSA) is 115 Å². The van der Waals surface area contributed by atoms with Gasteiger partial charge in [-0.05, 0) is 23.6 Å². The van der Waals surface area contributed by atoms with Crippen molar-refractivity contribution in [3.05, 3.63) is 23.8 Å². The first-order valence-corrected chi connectivity index (χ1v) is 8.02. The van der Waals surface area contributed by atoms with Crippen LogP contribution in [-0.4, -0.2) is 19.6 Å². The molecule has 0 aliphatic rings. The molecule has 0 atom stereocenters. The van der Waals surface area contributed by atoms with Gasteiger partial charge < -0.3 is 19.6 Å². The summed E-state index contributed by atoms with van der Waals surface area (Å²) >= 11 is 0. The molecule has 0 saturated heterocycles. The number of hydrogen-bond acceptors (Lipinski definition) is 2. The molecule has 0 aromatic heterocycles. The van der Waals surface area contributed by atoms with E-state index in [-0.39, 0.29) is 5.92 Å². The van der Waals surface area contributed by atoms with Gasteiger partial charge in [0.15, 0.2) is 0 Å². The van der Waals surface area contributed by atoms with Crippen molar-refractivity contribution in [1.82, 2.24) is 0 Å². The minimum Gasteiger partial charge on any atom is -0.321 e. The minimum absolute atomic E-state index is 0.00567. The largest absolute Gasteiger partial charge is 0.357 e. The molecule has 0 amide bonds. The maximum Gasteiger partial charge on any atom is 0.357 e. The molecule has 8 heteroatoms. The Bertz CT molecular complexity index is 512. The average Bonchev–Trinajstić information content (AvgIpc) is 2.14. The lowest BCUT2D eigenvalue weighted by molar-refractivity contribution is 0.381. The van der Waals surface area contributed by atoms with Crippen LogP contribution in [0, 0.1) is 0 Å². The van der Waals surface area contributed by atoms with Crippen LogP contribution in [0.2, 0.25) is 0 Å². The van der Waals surface area contributed by atoms with Gasteiger partial charge in [-0.25, -0.2) is 0 Å². The van der Waals surface area contributed by atoms with Crippen LogP contribution in [0.1, 0.15) is 25.3 Å². The smallest absolute Gasteiger partial charge is 0.321 e. The Balaban J connectivity index is 3.55. The third kappa shape index (κ3) is 3.49. The van der Waals surface area contributed by atoms with Gasteiger partial charge in [0.2, 0.25) is 0 Å². The molecule has 6 nitrogen and oxygen atoms in total. The van der Waals surface area contributed by atoms with Gasteiger partial charge in [0, 0.05) is 0 Å². The summed E-state index contributed by atoms with van der Waals surface area (Å²) < 4.78 is 22.4. The molecule has 0 heterocycles. The number of rotatable bonds is 3. The number of hydrogen-bond donors (Lipinski definition) is 4. The highest BCUT2D eigenvalue weighted by molar-refractivity contribution is 7.67. The van der Waals surface area contributed by atoms with Crippen molar-refractivity contribution in [3.8, 4) is 0 Å². The van der Waals surface area contributed by atoms with E-state index in [1.807, 2.05) is 13.8 Å². The van der Waals surface area contributed by atoms with Gasteiger partial charge in [-0.2, -0.15) is 0 Å². The van der Waals surface area contributed by atoms with E-state index >= 15 is 0 Å². The number of benzene rings is 1. The Morgan fingerprint density at radius 3 is 1.76 bits per heavy atom. The molecule has 96 valence electrons. The summed E-state index contributed by atoms with van der Waals surface area (Å²) in [4.78, 5) is 36.3. The Hall–Kier alpha value is -0.480. The molecule has 0 unspecified atom stereocenters. The Kier molecular flexibility index (Phi) is 3.99. The van der Waals surface area contributed by atoms with Crippen LogP contribution in [0.15, 0.2) is 18.2 Å². The fourth-order valence-electron chi connectivity index (χ4n) is 1.38. The van der Waals surface area contributed by atoms with Crippen LogP contribution in [0.5, 0.6) is 0 Å². The van der Waals surface area contributed by atoms with Gasteiger partial charge in [-0.3, -0.25) is 9.13 Å². The third-order valence-corrected chi connectivity index (χ3v) is 4.49. The zero-order valence-corrected chi connectivity index (χ0v) is 11.1. The third-order valence-electron chi connectivity index (χ3n) is 2.29. The summed E-state index contributed by atoms with van der Waals surface area (Å²) in [7, 11) is -9.41. The summed E-state index contributed by atoms with van der Waals surface area (Å²) in [5.41, 5.74) is 0.612. The molecular weight excluding hydrogens is 266 g/mol. The Morgan fingerprint density at radius 1 is 0.941 bits per heavy atom. The van der Waals surface area contributed by atoms with Crippen molar-refractivity contribution in [2.45, 2.75) is 19.8 Å². The standard InChI is InChI=1S/C9H14O6P2/c1-6(2)7-3-4-8(16(10,11)12)9(5-7)17(13,14)15/h3-6H,1-2H3,(H2,10,11,12)(H2,13,14,15). The molecule has 0 aliphatic carbocycles. The quantitative estimate of drug-likeness (QED) is 0.596. The average molecular weight is 280 g/mol. The van der Waals surface area contributed by atoms with Crippen LogP contribution in [-0.2, 0) is 9.13 Å². The highest BCUT2D eigenvalue weighted by Gasteiger charge is 2.31. The zero-order valence-electron chi connectivity index (χ0n) is 9.31. The molecule has 0 fully saturated rings. The van der Waals surface area contributed by atoms with E-state index in [0.29, 0.717) is 5.56 Å². The van der Waals surface area contributed by atoms with Gasteiger partial charge in [0.05, 0.1) is 10.6 Å². The van der Waals surface area contributed by atoms with Crippen molar-refractivity contribution in [1.29, 1.82) is 0 Å². The SMILES string of the molecule is CC(C)c1ccc(P(=O)(O)O)c(P(=O)(O)O)c1. The van der Waals surface area contributed by atoms with Crippen molar-refractivity contribution in [2.24, 2.45) is 0 Å². The first-order chi connectivity index (χ1) is 7.53. The van der Waals surface area contributed by atoms with Crippen molar-refractivity contribution >= 4 is 25.8 Å². The lowest BCUT2D eigenvalue weighted by atomic mass is 10.0. The first kappa shape index (κ1) is 14.6. The normalized spacial score (nSPS) is 13.1. The van der Waals surface area contributed by atoms with Crippen LogP contribution in [0.4, 0.5) is 0 Å². The summed E-state index contributed by atoms with van der Waals surface area (Å²) in [6.45, 7) is 3.63. The second kappa shape index (κ2) is 4.65. The van der Waals surface area contributed by atoms with Crippen molar-refractivity contribution in [3.63, 3.8) is 0 Å². The van der Waals surface area contributed by atoms with Crippen LogP contribution in [0.3, 0.4) is 0 Å². The summed E-state index contributed by atoms with van der Waals surface area (Å²) in [6, 6.07) is 3.68. The fourth-order valence-corrected chi connectivity index (χ4v) is 3.48. The lowest BCUT2D eigenvalue weighted by Crippen LogP contribution is -2.25. The summed E-state index contributed by atoms with van der Waals surface area (Å²) in [5, 5.41) is -1.22. The molecule has 1 aromatic rings. The molecule has 4 N–H and O–H groups in total. The molecule has 1 rings (SSSR count). The van der Waals surface area contributed by atoms with Gasteiger partial charge in [0.25, 0.3) is 0 Å². The molecule has 0 spiro atoms. The first-order valence-electron chi connectivity index (χ1n) is 4.79. The molecule has 17 heavy (non-hydrogen) atoms. The summed E-state index contributed by atoms with van der Waals surface area (Å²) in [5.74, 6) is 0.00567. The van der Waals surface area contributed by atoms with Crippen molar-refractivity contribution < 1.29 is 28.7 Å². The fraction of sp³-hybridized carbons (Fsp3) is 0.333. The highest BCUT2D eigenvalue weighted by Crippen LogP contribution is 2.40. The van der Waals surface area contributed by atoms with E-state index in [2.05, 4.69) is 0 Å². The zero-order chi connectivity index (χ0) is 13.4. The maximum atomic E-state index is 11.2. The van der Waals surface area contributed by atoms with Gasteiger partial charge >= 0.3 is 15.2 Å². The van der Waals surface area contributed by atoms with E-state index in [1.165, 1.54) is 6.07 Å². The predicted molar refractivity (Wildman–Crippen MR) is 63.9 cm³/mol. The van der Waals surface area contributed by atoms with Crippen molar-refractivity contribution in [2.75, 3.05) is 0 Å². The van der Waals surface area contributed by atoms with Crippen LogP contribution in [0.25, 0.3) is 0 Å². The summed E-state index contributed by atoms with van der Waals surface area (Å²) in [6.07, 6.45) is 0. The second-order valence-electron chi connectivity index (χ2n) is 3.99. The van der Waals surface area contributed by atoms with E-state index in [4.69, 9.17) is 19.6 Å². The minimum atomic E-state index is -4.71. The van der Waals surface area contributed by atoms with Gasteiger partial charge in [-0.1, -0.05) is 19.9 Å². The highest BCUT2D eigenvalue weighted by atomic mass is 31.2. The second-order valence-corrected chi connectivity index (χ2v) is 7.13. The maximum absolute atomic E-state index is 11.2. The van der Waals surface area contributed by atoms with Gasteiger partial charge in [0.1, 0.15) is 0 Å². The molecule has 0 aliphatic heterocycles. The van der Waals surface area contributed by atoms with Crippen LogP contribution < -0.4 is 10.6 Å².